The molecule has 6 saturated heterocycles. The van der Waals surface area contributed by atoms with Gasteiger partial charge in [0.25, 0.3) is 0 Å². The first-order valence-electron chi connectivity index (χ1n) is 38.0. The number of hydrogen-bond acceptors (Lipinski definition) is 19. The summed E-state index contributed by atoms with van der Waals surface area (Å²) in [5.41, 5.74) is 3.21. The van der Waals surface area contributed by atoms with E-state index in [2.05, 4.69) is 119 Å². The number of hydrogen-bond donors (Lipinski definition) is 4. The number of rotatable bonds is 17. The van der Waals surface area contributed by atoms with Crippen LogP contribution in [0, 0.1) is 33.0 Å². The molecule has 0 radical (unpaired) electrons. The Morgan fingerprint density at radius 2 is 0.788 bits per heavy atom. The van der Waals surface area contributed by atoms with Crippen molar-refractivity contribution in [2.45, 2.75) is 205 Å². The average molecular weight is 1490 g/mol. The first-order valence-corrected chi connectivity index (χ1v) is 38.4. The van der Waals surface area contributed by atoms with Crippen LogP contribution >= 0.6 is 11.6 Å². The van der Waals surface area contributed by atoms with E-state index in [0.29, 0.717) is 72.4 Å². The minimum atomic E-state index is -0.738. The molecule has 10 rings (SSSR count). The molecule has 1 saturated carbocycles. The third-order valence-corrected chi connectivity index (χ3v) is 20.4. The van der Waals surface area contributed by atoms with E-state index >= 15 is 0 Å². The van der Waals surface area contributed by atoms with Gasteiger partial charge in [0.05, 0.1) is 44.4 Å². The molecule has 4 N–H and O–H groups in total. The van der Waals surface area contributed by atoms with Gasteiger partial charge in [-0.25, -0.2) is 14.4 Å². The molecule has 6 aliphatic heterocycles. The number of aliphatic hydroxyl groups excluding tert-OH is 4. The monoisotopic (exact) mass is 1480 g/mol. The van der Waals surface area contributed by atoms with Crippen LogP contribution < -0.4 is 0 Å². The van der Waals surface area contributed by atoms with Crippen molar-refractivity contribution in [3.63, 3.8) is 0 Å². The summed E-state index contributed by atoms with van der Waals surface area (Å²) in [4.78, 5) is 77.2. The van der Waals surface area contributed by atoms with Gasteiger partial charge in [-0.2, -0.15) is 0 Å². The smallest absolute Gasteiger partial charge is 0.409 e. The number of halogens is 1. The van der Waals surface area contributed by atoms with Gasteiger partial charge < -0.3 is 63.4 Å². The molecule has 0 atom stereocenters. The minimum absolute atomic E-state index is 0. The molecule has 104 heavy (non-hydrogen) atoms. The number of aldehydes is 1. The second-order valence-corrected chi connectivity index (χ2v) is 29.5. The molecule has 21 nitrogen and oxygen atoms in total. The van der Waals surface area contributed by atoms with Crippen LogP contribution in [0.2, 0.25) is 0 Å². The summed E-state index contributed by atoms with van der Waals surface area (Å²) in [5, 5.41) is 34.4. The lowest BCUT2D eigenvalue weighted by Crippen LogP contribution is -2.43. The predicted octanol–water partition coefficient (Wildman–Crippen LogP) is 14.6. The number of carbonyl (C=O) groups excluding carboxylic acids is 6. The molecule has 594 valence electrons. The first kappa shape index (κ1) is 96.3. The minimum Gasteiger partial charge on any atom is -0.466 e. The van der Waals surface area contributed by atoms with Crippen LogP contribution in [0.25, 0.3) is 0 Å². The van der Waals surface area contributed by atoms with Gasteiger partial charge in [-0.3, -0.25) is 24.3 Å². The number of carbonyl (C=O) groups is 6. The Hall–Kier alpha value is -5.75. The van der Waals surface area contributed by atoms with Crippen molar-refractivity contribution >= 4 is 47.4 Å². The van der Waals surface area contributed by atoms with Crippen LogP contribution in [0.15, 0.2) is 91.0 Å². The summed E-state index contributed by atoms with van der Waals surface area (Å²) in [5.74, 6) is 0.0585. The maximum atomic E-state index is 11.9. The van der Waals surface area contributed by atoms with E-state index in [0.717, 1.165) is 150 Å². The summed E-state index contributed by atoms with van der Waals surface area (Å²) in [6.07, 6.45) is 18.5. The summed E-state index contributed by atoms with van der Waals surface area (Å²) < 4.78 is 29.2. The van der Waals surface area contributed by atoms with Gasteiger partial charge in [-0.05, 0) is 204 Å². The number of nitrogens with zero attached hydrogens (tertiary/aromatic N) is 5. The number of benzene rings is 3. The van der Waals surface area contributed by atoms with Crippen LogP contribution in [0.1, 0.15) is 203 Å². The lowest BCUT2D eigenvalue weighted by molar-refractivity contribution is -0.157. The van der Waals surface area contributed by atoms with Crippen LogP contribution in [-0.4, -0.2) is 219 Å². The molecule has 0 aromatic heterocycles. The Bertz CT molecular complexity index is 2680. The first-order chi connectivity index (χ1) is 49.4. The molecular formula is C82H138ClN5O16. The summed E-state index contributed by atoms with van der Waals surface area (Å²) in [6.45, 7) is 36.2. The van der Waals surface area contributed by atoms with Gasteiger partial charge in [-0.1, -0.05) is 145 Å². The fourth-order valence-electron chi connectivity index (χ4n) is 12.6. The number of likely N-dealkylation sites (tertiary alicyclic amines) is 5. The Morgan fingerprint density at radius 1 is 0.452 bits per heavy atom. The highest BCUT2D eigenvalue weighted by Gasteiger charge is 2.39. The highest BCUT2D eigenvalue weighted by atomic mass is 35.5. The molecule has 2 amide bonds. The zero-order valence-corrected chi connectivity index (χ0v) is 65.7. The van der Waals surface area contributed by atoms with E-state index in [9.17, 15) is 33.9 Å². The Labute approximate surface area is 631 Å². The lowest BCUT2D eigenvalue weighted by atomic mass is 9.76. The second kappa shape index (κ2) is 54.8. The van der Waals surface area contributed by atoms with Crippen LogP contribution in [0.3, 0.4) is 0 Å². The third kappa shape index (κ3) is 39.7. The topological polar surface area (TPSA) is 255 Å². The standard InChI is InChI=1S/C16H23NO2.C15H21NO2.C14H21NO.C10H19NO3.C10H17NO3.C8H16O.C4H8O.C3H5ClO2.CH4O.CH4/c1-3-19-15(18)16(2)9-11-17(12-10-16)13-14-7-5-4-6-8-14;1-2-18-15(17)14-8-10-16(11-9-14)12-13-6-4-3-5-7-13;1-14(12-16)7-9-15(10-8-14)11-13-5-3-2-4-6-13;2*1-3-14-9(13)11-6-4-10(2,8-12)5-7-11;1-8(7-9)5-3-2-4-6-8;1-2-4-5-3-1;1-2-6-3(4)5;1-2;/h4-8H,3,9-13H2,1-2H3;3-7,14H,2,8-12H2,1H3;2-6,16H,7-12H2,1H3;12H,3-8H2,1-2H3;8H,3-7H2,1-2H3;9H,2-7H2,1H3;1-4H2;2H2,1H3;2H,1H3;1H4. The zero-order chi connectivity index (χ0) is 76.4. The second-order valence-electron chi connectivity index (χ2n) is 29.2. The maximum absolute atomic E-state index is 11.9. The largest absolute Gasteiger partial charge is 0.466 e. The zero-order valence-electron chi connectivity index (χ0n) is 64.9. The molecule has 3 aromatic rings. The van der Waals surface area contributed by atoms with E-state index in [1.807, 2.05) is 39.8 Å². The maximum Gasteiger partial charge on any atom is 0.409 e. The van der Waals surface area contributed by atoms with Gasteiger partial charge in [0.1, 0.15) is 6.29 Å². The van der Waals surface area contributed by atoms with Crippen LogP contribution in [0.5, 0.6) is 0 Å². The van der Waals surface area contributed by atoms with E-state index in [4.69, 9.17) is 50.6 Å². The van der Waals surface area contributed by atoms with E-state index in [1.165, 1.54) is 61.6 Å². The van der Waals surface area contributed by atoms with E-state index in [1.54, 1.807) is 30.6 Å². The van der Waals surface area contributed by atoms with Gasteiger partial charge in [0.2, 0.25) is 0 Å². The average Bonchev–Trinajstić information content (AvgIpc) is 0.868. The Balaban J connectivity index is 0.000000607. The molecule has 0 spiro atoms. The molecule has 3 aromatic carbocycles. The van der Waals surface area contributed by atoms with Crippen molar-refractivity contribution in [1.29, 1.82) is 0 Å². The van der Waals surface area contributed by atoms with Crippen molar-refractivity contribution in [1.82, 2.24) is 24.5 Å². The fourth-order valence-corrected chi connectivity index (χ4v) is 12.7. The Kier molecular flexibility index (Phi) is 50.7. The number of esters is 2. The van der Waals surface area contributed by atoms with E-state index in [-0.39, 0.29) is 71.2 Å². The molecule has 6 heterocycles. The van der Waals surface area contributed by atoms with Gasteiger partial charge >= 0.3 is 29.6 Å². The number of piperidine rings is 5. The normalized spacial score (nSPS) is 19.2. The highest BCUT2D eigenvalue weighted by molar-refractivity contribution is 6.61. The number of amides is 2. The summed E-state index contributed by atoms with van der Waals surface area (Å²) >= 11 is 4.72. The number of ether oxygens (including phenoxy) is 6. The molecule has 1 aliphatic carbocycles. The molecule has 0 bridgehead atoms. The van der Waals surface area contributed by atoms with Crippen LogP contribution in [-0.2, 0) is 62.4 Å². The quantitative estimate of drug-likeness (QED) is 0.0424. The van der Waals surface area contributed by atoms with Crippen molar-refractivity contribution in [2.75, 3.05) is 139 Å². The lowest BCUT2D eigenvalue weighted by Gasteiger charge is -2.38. The fraction of sp³-hybridized carbons (Fsp3) is 0.707. The molecule has 7 aliphatic rings. The van der Waals surface area contributed by atoms with E-state index < -0.39 is 5.43 Å². The predicted molar refractivity (Wildman–Crippen MR) is 414 cm³/mol. The van der Waals surface area contributed by atoms with Crippen molar-refractivity contribution < 1.29 is 77.6 Å². The van der Waals surface area contributed by atoms with Gasteiger partial charge in [0.15, 0.2) is 0 Å². The summed E-state index contributed by atoms with van der Waals surface area (Å²) in [7, 11) is 1.00. The summed E-state index contributed by atoms with van der Waals surface area (Å²) in [6, 6.07) is 31.6. The molecule has 22 heteroatoms. The number of aliphatic hydroxyl groups is 4. The van der Waals surface area contributed by atoms with Crippen LogP contribution in [0.4, 0.5) is 14.4 Å². The van der Waals surface area contributed by atoms with Crippen molar-refractivity contribution in [2.24, 2.45) is 33.0 Å². The van der Waals surface area contributed by atoms with Gasteiger partial charge in [0, 0.05) is 103 Å². The molecule has 7 fully saturated rings. The third-order valence-electron chi connectivity index (χ3n) is 20.2. The highest BCUT2D eigenvalue weighted by Crippen LogP contribution is 2.36. The Morgan fingerprint density at radius 3 is 1.10 bits per heavy atom. The molecule has 0 unspecified atom stereocenters. The van der Waals surface area contributed by atoms with Crippen molar-refractivity contribution in [3.05, 3.63) is 108 Å². The molecular weight excluding hydrogens is 1350 g/mol. The van der Waals surface area contributed by atoms with Crippen molar-refractivity contribution in [3.8, 4) is 0 Å². The SMILES string of the molecule is C.C1CCOC1.CC1(CO)CCCCC1.CC1(CO)CCN(Cc2ccccc2)CC1.CCOC(=O)C1(C)CCN(Cc2ccccc2)CC1.CCOC(=O)C1CCN(Cc2ccccc2)CC1.CCOC(=O)Cl.CCOC(=O)N1CCC(C)(C=O)CC1.CCOC(=O)N1CCC(C)(CO)CC1.CO. The van der Waals surface area contributed by atoms with Gasteiger partial charge in [-0.15, -0.1) is 0 Å².